The summed E-state index contributed by atoms with van der Waals surface area (Å²) in [4.78, 5) is 34.4. The number of aromatic nitrogens is 3. The summed E-state index contributed by atoms with van der Waals surface area (Å²) in [7, 11) is 3.14. The molecule has 0 bridgehead atoms. The zero-order valence-electron chi connectivity index (χ0n) is 24.0. The highest BCUT2D eigenvalue weighted by Crippen LogP contribution is 2.41. The number of carbonyl (C=O) groups excluding carboxylic acids is 2. The van der Waals surface area contributed by atoms with Crippen molar-refractivity contribution in [1.82, 2.24) is 20.0 Å². The molecule has 0 atom stereocenters. The van der Waals surface area contributed by atoms with Gasteiger partial charge >= 0.3 is 6.18 Å². The number of ether oxygens (including phenoxy) is 2. The number of hydrogen-bond acceptors (Lipinski definition) is 8. The van der Waals surface area contributed by atoms with Crippen LogP contribution in [-0.4, -0.2) is 65.3 Å². The van der Waals surface area contributed by atoms with Gasteiger partial charge in [-0.15, -0.1) is 0 Å². The average molecular weight is 604 g/mol. The Morgan fingerprint density at radius 1 is 1.07 bits per heavy atom. The number of hydrogen-bond donors (Lipinski definition) is 1. The lowest BCUT2D eigenvalue weighted by Crippen LogP contribution is -2.35. The normalized spacial score (nSPS) is 11.8. The van der Waals surface area contributed by atoms with Crippen LogP contribution in [0.5, 0.6) is 11.5 Å². The summed E-state index contributed by atoms with van der Waals surface area (Å²) in [5, 5.41) is 5.81. The molecule has 0 aliphatic heterocycles. The van der Waals surface area contributed by atoms with Crippen molar-refractivity contribution < 1.29 is 41.1 Å². The van der Waals surface area contributed by atoms with E-state index in [9.17, 15) is 22.8 Å². The number of alkyl halides is 3. The smallest absolute Gasteiger partial charge is 0.401 e. The molecule has 0 unspecified atom stereocenters. The Morgan fingerprint density at radius 3 is 2.44 bits per heavy atom. The molecular weight excluding hydrogens is 574 g/mol. The van der Waals surface area contributed by atoms with E-state index in [1.54, 1.807) is 25.2 Å². The molecule has 0 spiro atoms. The van der Waals surface area contributed by atoms with Gasteiger partial charge in [-0.2, -0.15) is 13.2 Å². The molecule has 0 radical (unpaired) electrons. The van der Waals surface area contributed by atoms with E-state index >= 15 is 4.39 Å². The van der Waals surface area contributed by atoms with Gasteiger partial charge in [-0.25, -0.2) is 9.37 Å². The van der Waals surface area contributed by atoms with Gasteiger partial charge in [0.25, 0.3) is 0 Å². The van der Waals surface area contributed by atoms with E-state index in [4.69, 9.17) is 14.0 Å². The van der Waals surface area contributed by atoms with Gasteiger partial charge in [0.15, 0.2) is 23.1 Å². The van der Waals surface area contributed by atoms with Gasteiger partial charge in [0.05, 0.1) is 43.0 Å². The number of benzene rings is 2. The third-order valence-corrected chi connectivity index (χ3v) is 6.85. The standard InChI is InChI=1S/C29H29F4N5O5/c1-16(39)38(4)8-9-42-24-13-21-20(12-23(24)41-5)34-15-22(35-21)18-7-6-17(19(30)10-18)11-27(40)36-26-14-25(43-37-26)28(2,3)29(31,32)33/h6-7,10,12-15H,8-9,11H2,1-5H3,(H,36,37,40). The molecule has 2 aromatic heterocycles. The van der Waals surface area contributed by atoms with E-state index in [-0.39, 0.29) is 23.9 Å². The largest absolute Gasteiger partial charge is 0.493 e. The lowest BCUT2D eigenvalue weighted by atomic mass is 9.89. The number of fused-ring (bicyclic) bond motifs is 1. The fourth-order valence-corrected chi connectivity index (χ4v) is 3.86. The Bertz CT molecular complexity index is 1650. The van der Waals surface area contributed by atoms with Crippen LogP contribution in [0.1, 0.15) is 32.1 Å². The Morgan fingerprint density at radius 2 is 1.79 bits per heavy atom. The zero-order chi connectivity index (χ0) is 31.5. The lowest BCUT2D eigenvalue weighted by molar-refractivity contribution is -0.185. The summed E-state index contributed by atoms with van der Waals surface area (Å²) in [5.41, 5.74) is -0.546. The molecule has 228 valence electrons. The molecule has 0 saturated carbocycles. The van der Waals surface area contributed by atoms with Crippen LogP contribution in [0.3, 0.4) is 0 Å². The first kappa shape index (κ1) is 31.2. The van der Waals surface area contributed by atoms with Crippen LogP contribution in [-0.2, 0) is 21.4 Å². The second-order valence-electron chi connectivity index (χ2n) is 10.3. The average Bonchev–Trinajstić information content (AvgIpc) is 3.41. The number of methoxy groups -OCH3 is 1. The zero-order valence-corrected chi connectivity index (χ0v) is 24.0. The number of nitrogens with one attached hydrogen (secondary N) is 1. The molecule has 2 heterocycles. The second kappa shape index (κ2) is 12.2. The van der Waals surface area contributed by atoms with Crippen molar-refractivity contribution in [2.24, 2.45) is 0 Å². The molecule has 2 aromatic carbocycles. The van der Waals surface area contributed by atoms with Crippen LogP contribution in [0.25, 0.3) is 22.3 Å². The van der Waals surface area contributed by atoms with Gasteiger partial charge in [-0.1, -0.05) is 17.3 Å². The number of anilines is 1. The van der Waals surface area contributed by atoms with Crippen LogP contribution in [0, 0.1) is 5.82 Å². The number of likely N-dealkylation sites (N-methyl/N-ethyl adjacent to an activating group) is 1. The molecule has 0 saturated heterocycles. The van der Waals surface area contributed by atoms with Crippen molar-refractivity contribution in [2.45, 2.75) is 38.8 Å². The predicted octanol–water partition coefficient (Wildman–Crippen LogP) is 5.31. The first-order valence-electron chi connectivity index (χ1n) is 13.0. The highest BCUT2D eigenvalue weighted by atomic mass is 19.4. The Kier molecular flexibility index (Phi) is 8.88. The molecule has 4 rings (SSSR count). The van der Waals surface area contributed by atoms with Crippen LogP contribution < -0.4 is 14.8 Å². The maximum Gasteiger partial charge on any atom is 0.401 e. The number of halogens is 4. The summed E-state index contributed by atoms with van der Waals surface area (Å²) >= 11 is 0. The third-order valence-electron chi connectivity index (χ3n) is 6.85. The van der Waals surface area contributed by atoms with E-state index < -0.39 is 35.5 Å². The fraction of sp³-hybridized carbons (Fsp3) is 0.345. The number of nitrogens with zero attached hydrogens (tertiary/aromatic N) is 4. The summed E-state index contributed by atoms with van der Waals surface area (Å²) < 4.78 is 70.7. The van der Waals surface area contributed by atoms with Crippen molar-refractivity contribution in [3.63, 3.8) is 0 Å². The first-order chi connectivity index (χ1) is 20.2. The van der Waals surface area contributed by atoms with Crippen molar-refractivity contribution >= 4 is 28.7 Å². The fourth-order valence-electron chi connectivity index (χ4n) is 3.86. The number of rotatable bonds is 10. The van der Waals surface area contributed by atoms with Gasteiger partial charge in [0, 0.05) is 37.7 Å². The van der Waals surface area contributed by atoms with E-state index in [2.05, 4.69) is 20.4 Å². The molecule has 43 heavy (non-hydrogen) atoms. The second-order valence-corrected chi connectivity index (χ2v) is 10.3. The van der Waals surface area contributed by atoms with Crippen LogP contribution in [0.15, 0.2) is 47.1 Å². The van der Waals surface area contributed by atoms with Gasteiger partial charge in [-0.05, 0) is 25.5 Å². The molecule has 14 heteroatoms. The number of carbonyl (C=O) groups is 2. The van der Waals surface area contributed by atoms with Crippen molar-refractivity contribution in [3.8, 4) is 22.8 Å². The Balaban J connectivity index is 1.47. The molecule has 0 aliphatic rings. The highest BCUT2D eigenvalue weighted by Gasteiger charge is 2.51. The van der Waals surface area contributed by atoms with Crippen molar-refractivity contribution in [2.75, 3.05) is 32.6 Å². The van der Waals surface area contributed by atoms with E-state index in [0.29, 0.717) is 40.3 Å². The summed E-state index contributed by atoms with van der Waals surface area (Å²) in [6.45, 7) is 3.89. The van der Waals surface area contributed by atoms with Gasteiger partial charge in [0.1, 0.15) is 17.8 Å². The molecule has 1 N–H and O–H groups in total. The third kappa shape index (κ3) is 7.01. The van der Waals surface area contributed by atoms with Crippen molar-refractivity contribution in [3.05, 3.63) is 59.7 Å². The molecular formula is C29H29F4N5O5. The predicted molar refractivity (Wildman–Crippen MR) is 148 cm³/mol. The molecule has 10 nitrogen and oxygen atoms in total. The van der Waals surface area contributed by atoms with Crippen LogP contribution in [0.2, 0.25) is 0 Å². The topological polar surface area (TPSA) is 120 Å². The molecule has 0 fully saturated rings. The quantitative estimate of drug-likeness (QED) is 0.242. The van der Waals surface area contributed by atoms with Crippen molar-refractivity contribution in [1.29, 1.82) is 0 Å². The molecule has 0 aliphatic carbocycles. The van der Waals surface area contributed by atoms with Gasteiger partial charge in [0.2, 0.25) is 11.8 Å². The summed E-state index contributed by atoms with van der Waals surface area (Å²) in [6.07, 6.45) is -3.53. The van der Waals surface area contributed by atoms with Gasteiger partial charge in [-0.3, -0.25) is 14.6 Å². The van der Waals surface area contributed by atoms with E-state index in [1.165, 1.54) is 37.3 Å². The highest BCUT2D eigenvalue weighted by molar-refractivity contribution is 5.91. The SMILES string of the molecule is COc1cc2ncc(-c3ccc(CC(=O)Nc4cc(C(C)(C)C(F)(F)F)on4)c(F)c3)nc2cc1OCCN(C)C(C)=O. The Hall–Kier alpha value is -4.75. The number of amides is 2. The molecule has 2 amide bonds. The van der Waals surface area contributed by atoms with E-state index in [0.717, 1.165) is 19.9 Å². The monoisotopic (exact) mass is 603 g/mol. The maximum absolute atomic E-state index is 15.0. The first-order valence-corrected chi connectivity index (χ1v) is 13.0. The lowest BCUT2D eigenvalue weighted by Gasteiger charge is -2.24. The minimum absolute atomic E-state index is 0.0466. The maximum atomic E-state index is 15.0. The summed E-state index contributed by atoms with van der Waals surface area (Å²) in [5.74, 6) is -1.35. The minimum Gasteiger partial charge on any atom is -0.493 e. The Labute approximate surface area is 244 Å². The van der Waals surface area contributed by atoms with Crippen LogP contribution in [0.4, 0.5) is 23.4 Å². The molecule has 4 aromatic rings. The van der Waals surface area contributed by atoms with Crippen LogP contribution >= 0.6 is 0 Å². The summed E-state index contributed by atoms with van der Waals surface area (Å²) in [6, 6.07) is 8.46. The minimum atomic E-state index is -4.59. The van der Waals surface area contributed by atoms with Gasteiger partial charge < -0.3 is 24.2 Å². The van der Waals surface area contributed by atoms with E-state index in [1.807, 2.05) is 0 Å².